The van der Waals surface area contributed by atoms with Crippen LogP contribution in [0.3, 0.4) is 0 Å². The largest absolute Gasteiger partial charge is 0.493 e. The number of aryl methyl sites for hydroxylation is 1. The Bertz CT molecular complexity index is 1320. The highest BCUT2D eigenvalue weighted by Crippen LogP contribution is 2.31. The van der Waals surface area contributed by atoms with Crippen LogP contribution in [0.5, 0.6) is 11.5 Å². The average molecular weight is 412 g/mol. The van der Waals surface area contributed by atoms with Gasteiger partial charge in [0.25, 0.3) is 0 Å². The zero-order chi connectivity index (χ0) is 22.0. The summed E-state index contributed by atoms with van der Waals surface area (Å²) < 4.78 is 12.9. The third-order valence-corrected chi connectivity index (χ3v) is 5.36. The molecule has 0 aliphatic rings. The molecule has 2 heterocycles. The van der Waals surface area contributed by atoms with Gasteiger partial charge >= 0.3 is 0 Å². The van der Waals surface area contributed by atoms with E-state index in [-0.39, 0.29) is 0 Å². The number of anilines is 1. The van der Waals surface area contributed by atoms with Gasteiger partial charge in [0.2, 0.25) is 0 Å². The molecule has 4 rings (SSSR count). The van der Waals surface area contributed by atoms with Gasteiger partial charge in [0.15, 0.2) is 17.1 Å². The van der Waals surface area contributed by atoms with E-state index in [0.717, 1.165) is 28.0 Å². The lowest BCUT2D eigenvalue weighted by Gasteiger charge is -2.26. The molecule has 0 bridgehead atoms. The maximum absolute atomic E-state index is 9.76. The van der Waals surface area contributed by atoms with Gasteiger partial charge in [-0.25, -0.2) is 4.98 Å². The maximum atomic E-state index is 9.76. The minimum Gasteiger partial charge on any atom is -0.493 e. The van der Waals surface area contributed by atoms with Gasteiger partial charge < -0.3 is 14.4 Å². The third-order valence-electron chi connectivity index (χ3n) is 5.36. The minimum absolute atomic E-state index is 0.588. The van der Waals surface area contributed by atoms with Crippen LogP contribution in [0.25, 0.3) is 16.7 Å². The molecule has 0 N–H and O–H groups in total. The summed E-state index contributed by atoms with van der Waals surface area (Å²) >= 11 is 0. The van der Waals surface area contributed by atoms with Gasteiger partial charge in [-0.1, -0.05) is 24.3 Å². The second-order valence-corrected chi connectivity index (χ2v) is 7.29. The van der Waals surface area contributed by atoms with Crippen LogP contribution in [-0.4, -0.2) is 30.1 Å². The summed E-state index contributed by atoms with van der Waals surface area (Å²) in [5.41, 5.74) is 5.03. The molecule has 0 spiro atoms. The second-order valence-electron chi connectivity index (χ2n) is 7.29. The first-order chi connectivity index (χ1) is 15.1. The van der Waals surface area contributed by atoms with Crippen LogP contribution in [0.15, 0.2) is 61.2 Å². The number of pyridine rings is 1. The smallest absolute Gasteiger partial charge is 0.161 e. The number of para-hydroxylation sites is 2. The zero-order valence-electron chi connectivity index (χ0n) is 17.9. The molecule has 0 atom stereocenters. The van der Waals surface area contributed by atoms with Gasteiger partial charge in [-0.05, 0) is 48.4 Å². The van der Waals surface area contributed by atoms with Crippen LogP contribution in [0.1, 0.15) is 16.7 Å². The summed E-state index contributed by atoms with van der Waals surface area (Å²) in [6.07, 6.45) is 1.87. The molecule has 6 heteroatoms. The monoisotopic (exact) mass is 412 g/mol. The van der Waals surface area contributed by atoms with Gasteiger partial charge in [-0.2, -0.15) is 5.26 Å². The fourth-order valence-corrected chi connectivity index (χ4v) is 3.90. The van der Waals surface area contributed by atoms with E-state index in [0.29, 0.717) is 35.8 Å². The van der Waals surface area contributed by atoms with E-state index in [1.54, 1.807) is 14.2 Å². The summed E-state index contributed by atoms with van der Waals surface area (Å²) in [6.45, 7) is 7.15. The number of fused-ring (bicyclic) bond motifs is 3. The van der Waals surface area contributed by atoms with Crippen LogP contribution >= 0.6 is 0 Å². The Labute approximate surface area is 181 Å². The third kappa shape index (κ3) is 3.55. The highest BCUT2D eigenvalue weighted by molar-refractivity contribution is 5.85. The molecule has 31 heavy (non-hydrogen) atoms. The molecule has 156 valence electrons. The van der Waals surface area contributed by atoms with Gasteiger partial charge in [-0.15, -0.1) is 6.58 Å². The molecule has 0 unspecified atom stereocenters. The Balaban J connectivity index is 1.90. The van der Waals surface area contributed by atoms with E-state index in [1.807, 2.05) is 61.5 Å². The second kappa shape index (κ2) is 8.41. The number of imidazole rings is 1. The number of aromatic nitrogens is 2. The molecule has 0 saturated heterocycles. The predicted molar refractivity (Wildman–Crippen MR) is 123 cm³/mol. The standard InChI is InChI=1S/C25H24N4O2/c1-5-12-28(16-18-10-11-22(30-3)23(14-18)31-4)24-13-17(2)19(15-26)25-27-20-8-6-7-9-21(20)29(24)25/h5-11,13-14H,1,12,16H2,2-4H3. The number of hydrogen-bond donors (Lipinski definition) is 0. The van der Waals surface area contributed by atoms with Crippen LogP contribution in [-0.2, 0) is 6.54 Å². The molecule has 0 amide bonds. The Morgan fingerprint density at radius 3 is 2.61 bits per heavy atom. The Kier molecular flexibility index (Phi) is 5.50. The maximum Gasteiger partial charge on any atom is 0.161 e. The molecule has 2 aromatic carbocycles. The molecule has 0 radical (unpaired) electrons. The van der Waals surface area contributed by atoms with Gasteiger partial charge in [0.1, 0.15) is 11.9 Å². The number of ether oxygens (including phenoxy) is 2. The van der Waals surface area contributed by atoms with Gasteiger partial charge in [0.05, 0.1) is 30.8 Å². The summed E-state index contributed by atoms with van der Waals surface area (Å²) in [5, 5.41) is 9.76. The first-order valence-electron chi connectivity index (χ1n) is 9.99. The Morgan fingerprint density at radius 2 is 1.90 bits per heavy atom. The van der Waals surface area contributed by atoms with Crippen molar-refractivity contribution in [3.05, 3.63) is 77.9 Å². The normalized spacial score (nSPS) is 10.8. The molecular weight excluding hydrogens is 388 g/mol. The van der Waals surface area contributed by atoms with Crippen molar-refractivity contribution < 1.29 is 9.47 Å². The van der Waals surface area contributed by atoms with Crippen molar-refractivity contribution in [3.63, 3.8) is 0 Å². The number of benzene rings is 2. The van der Waals surface area contributed by atoms with Crippen molar-refractivity contribution in [1.82, 2.24) is 9.38 Å². The number of methoxy groups -OCH3 is 2. The summed E-state index contributed by atoms with van der Waals surface area (Å²) in [7, 11) is 3.26. The zero-order valence-corrected chi connectivity index (χ0v) is 17.9. The van der Waals surface area contributed by atoms with Crippen molar-refractivity contribution in [2.75, 3.05) is 25.7 Å². The Morgan fingerprint density at radius 1 is 1.13 bits per heavy atom. The first kappa shape index (κ1) is 20.3. The number of hydrogen-bond acceptors (Lipinski definition) is 5. The Hall–Kier alpha value is -3.98. The fraction of sp³-hybridized carbons (Fsp3) is 0.200. The highest BCUT2D eigenvalue weighted by Gasteiger charge is 2.19. The summed E-state index contributed by atoms with van der Waals surface area (Å²) in [4.78, 5) is 6.97. The van der Waals surface area contributed by atoms with E-state index in [1.165, 1.54) is 0 Å². The lowest BCUT2D eigenvalue weighted by Crippen LogP contribution is -2.25. The van der Waals surface area contributed by atoms with Crippen LogP contribution in [0.2, 0.25) is 0 Å². The molecule has 0 saturated carbocycles. The molecule has 0 fully saturated rings. The predicted octanol–water partition coefficient (Wildman–Crippen LogP) is 4.88. The first-order valence-corrected chi connectivity index (χ1v) is 9.99. The van der Waals surface area contributed by atoms with Crippen LogP contribution in [0.4, 0.5) is 5.82 Å². The molecule has 0 aliphatic heterocycles. The average Bonchev–Trinajstić information content (AvgIpc) is 3.17. The highest BCUT2D eigenvalue weighted by atomic mass is 16.5. The summed E-state index contributed by atoms with van der Waals surface area (Å²) in [6, 6.07) is 18.2. The van der Waals surface area contributed by atoms with Crippen LogP contribution in [0, 0.1) is 18.3 Å². The van der Waals surface area contributed by atoms with Gasteiger partial charge in [0, 0.05) is 13.1 Å². The SMILES string of the molecule is C=CCN(Cc1ccc(OC)c(OC)c1)c1cc(C)c(C#N)c2nc3ccccc3n12. The van der Waals surface area contributed by atoms with Crippen molar-refractivity contribution in [2.45, 2.75) is 13.5 Å². The van der Waals surface area contributed by atoms with Gasteiger partial charge in [-0.3, -0.25) is 4.40 Å². The molecule has 0 aliphatic carbocycles. The van der Waals surface area contributed by atoms with E-state index >= 15 is 0 Å². The molecule has 4 aromatic rings. The van der Waals surface area contributed by atoms with Crippen molar-refractivity contribution in [2.24, 2.45) is 0 Å². The van der Waals surface area contributed by atoms with E-state index in [2.05, 4.69) is 21.9 Å². The fourth-order valence-electron chi connectivity index (χ4n) is 3.90. The summed E-state index contributed by atoms with van der Waals surface area (Å²) in [5.74, 6) is 2.33. The lowest BCUT2D eigenvalue weighted by atomic mass is 10.1. The molecular formula is C25H24N4O2. The lowest BCUT2D eigenvalue weighted by molar-refractivity contribution is 0.354. The van der Waals surface area contributed by atoms with Crippen molar-refractivity contribution in [1.29, 1.82) is 5.26 Å². The number of nitriles is 1. The quantitative estimate of drug-likeness (QED) is 0.405. The number of nitrogens with zero attached hydrogens (tertiary/aromatic N) is 4. The van der Waals surface area contributed by atoms with E-state index < -0.39 is 0 Å². The van der Waals surface area contributed by atoms with E-state index in [9.17, 15) is 5.26 Å². The van der Waals surface area contributed by atoms with E-state index in [4.69, 9.17) is 14.5 Å². The van der Waals surface area contributed by atoms with Crippen LogP contribution < -0.4 is 14.4 Å². The number of rotatable bonds is 7. The van der Waals surface area contributed by atoms with Crippen molar-refractivity contribution in [3.8, 4) is 17.6 Å². The molecule has 6 nitrogen and oxygen atoms in total. The van der Waals surface area contributed by atoms with Crippen molar-refractivity contribution >= 4 is 22.5 Å². The minimum atomic E-state index is 0.588. The topological polar surface area (TPSA) is 62.8 Å². The molecule has 2 aromatic heterocycles.